The summed E-state index contributed by atoms with van der Waals surface area (Å²) >= 11 is 0. The second-order valence-electron chi connectivity index (χ2n) is 12.0. The molecule has 0 amide bonds. The number of esters is 1. The molecule has 0 aliphatic carbocycles. The van der Waals surface area contributed by atoms with Crippen LogP contribution < -0.4 is 0 Å². The van der Waals surface area contributed by atoms with Gasteiger partial charge in [0.25, 0.3) is 0 Å². The molecule has 0 radical (unpaired) electrons. The van der Waals surface area contributed by atoms with Crippen LogP contribution in [0.1, 0.15) is 61.0 Å². The van der Waals surface area contributed by atoms with Crippen molar-refractivity contribution in [1.29, 1.82) is 0 Å². The summed E-state index contributed by atoms with van der Waals surface area (Å²) in [5, 5.41) is 11.0. The molecular weight excluding hydrogens is 476 g/mol. The maximum Gasteiger partial charge on any atom is 0.311 e. The molecular formula is C29H46O8. The topological polar surface area (TPSA) is 92.7 Å². The molecule has 1 aromatic rings. The lowest BCUT2D eigenvalue weighted by Gasteiger charge is -2.43. The van der Waals surface area contributed by atoms with E-state index in [1.54, 1.807) is 34.6 Å². The van der Waals surface area contributed by atoms with Gasteiger partial charge in [-0.15, -0.1) is 0 Å². The Bertz CT molecular complexity index is 851. The standard InChI is InChI=1S/C29H46O8/c1-18-19(2)23(16-32-14-21-12-10-9-11-13-21)35-26(20(18)3)33-15-22(30)25-24(36-29(7,8)37-25)17-34-27(31)28(4,5)6/h9-13,18-20,22-26,30H,14-17H2,1-8H3/t18?,19?,20?,22-,23?,24-,25+,26?/m1/s1. The predicted molar refractivity (Wildman–Crippen MR) is 138 cm³/mol. The van der Waals surface area contributed by atoms with Crippen LogP contribution in [-0.4, -0.2) is 67.4 Å². The maximum absolute atomic E-state index is 12.2. The van der Waals surface area contributed by atoms with Crippen LogP contribution in [0.25, 0.3) is 0 Å². The minimum Gasteiger partial charge on any atom is -0.462 e. The van der Waals surface area contributed by atoms with E-state index in [1.807, 2.05) is 30.3 Å². The fraction of sp³-hybridized carbons (Fsp3) is 0.759. The van der Waals surface area contributed by atoms with Crippen LogP contribution in [0.2, 0.25) is 0 Å². The van der Waals surface area contributed by atoms with Crippen molar-refractivity contribution in [1.82, 2.24) is 0 Å². The summed E-state index contributed by atoms with van der Waals surface area (Å²) < 4.78 is 35.7. The zero-order chi connectivity index (χ0) is 27.4. The Balaban J connectivity index is 1.54. The SMILES string of the molecule is CC1C(COCc2ccccc2)OC(OC[C@@H](O)[C@@H]2OC(C)(C)O[C@@H]2COC(=O)C(C)(C)C)C(C)C1C. The Morgan fingerprint density at radius 2 is 1.68 bits per heavy atom. The van der Waals surface area contributed by atoms with E-state index in [0.29, 0.717) is 25.0 Å². The van der Waals surface area contributed by atoms with Crippen molar-refractivity contribution < 1.29 is 38.3 Å². The number of rotatable bonds is 10. The summed E-state index contributed by atoms with van der Waals surface area (Å²) in [7, 11) is 0. The van der Waals surface area contributed by atoms with Crippen molar-refractivity contribution in [3.05, 3.63) is 35.9 Å². The Hall–Kier alpha value is -1.55. The number of benzene rings is 1. The molecule has 2 heterocycles. The van der Waals surface area contributed by atoms with E-state index in [-0.39, 0.29) is 31.2 Å². The molecule has 1 N–H and O–H groups in total. The summed E-state index contributed by atoms with van der Waals surface area (Å²) in [6, 6.07) is 10.1. The van der Waals surface area contributed by atoms with E-state index in [1.165, 1.54) is 0 Å². The molecule has 0 saturated carbocycles. The fourth-order valence-electron chi connectivity index (χ4n) is 4.72. The molecule has 2 aliphatic heterocycles. The highest BCUT2D eigenvalue weighted by Crippen LogP contribution is 2.36. The van der Waals surface area contributed by atoms with Gasteiger partial charge in [0.15, 0.2) is 12.1 Å². The smallest absolute Gasteiger partial charge is 0.311 e. The fourth-order valence-corrected chi connectivity index (χ4v) is 4.72. The zero-order valence-corrected chi connectivity index (χ0v) is 23.6. The van der Waals surface area contributed by atoms with Crippen LogP contribution >= 0.6 is 0 Å². The summed E-state index contributed by atoms with van der Waals surface area (Å²) in [4.78, 5) is 12.2. The first kappa shape index (κ1) is 30.0. The number of aliphatic hydroxyl groups excluding tert-OH is 1. The van der Waals surface area contributed by atoms with Gasteiger partial charge in [0.1, 0.15) is 24.9 Å². The van der Waals surface area contributed by atoms with E-state index >= 15 is 0 Å². The van der Waals surface area contributed by atoms with Gasteiger partial charge in [-0.05, 0) is 52.0 Å². The van der Waals surface area contributed by atoms with Crippen LogP contribution in [0.3, 0.4) is 0 Å². The monoisotopic (exact) mass is 522 g/mol. The Morgan fingerprint density at radius 3 is 2.32 bits per heavy atom. The van der Waals surface area contributed by atoms with E-state index < -0.39 is 35.8 Å². The van der Waals surface area contributed by atoms with Gasteiger partial charge in [0, 0.05) is 5.92 Å². The first-order valence-corrected chi connectivity index (χ1v) is 13.4. The van der Waals surface area contributed by atoms with Crippen LogP contribution in [0.4, 0.5) is 0 Å². The van der Waals surface area contributed by atoms with E-state index in [0.717, 1.165) is 5.56 Å². The molecule has 8 nitrogen and oxygen atoms in total. The van der Waals surface area contributed by atoms with Gasteiger partial charge in [0.2, 0.25) is 0 Å². The number of ether oxygens (including phenoxy) is 6. The second kappa shape index (κ2) is 12.5. The number of carbonyl (C=O) groups excluding carboxylic acids is 1. The molecule has 3 rings (SSSR count). The lowest BCUT2D eigenvalue weighted by atomic mass is 9.79. The highest BCUT2D eigenvalue weighted by atomic mass is 16.8. The van der Waals surface area contributed by atoms with Crippen LogP contribution in [-0.2, 0) is 39.8 Å². The first-order valence-electron chi connectivity index (χ1n) is 13.4. The van der Waals surface area contributed by atoms with E-state index in [9.17, 15) is 9.90 Å². The maximum atomic E-state index is 12.2. The molecule has 37 heavy (non-hydrogen) atoms. The van der Waals surface area contributed by atoms with Crippen molar-refractivity contribution in [3.8, 4) is 0 Å². The van der Waals surface area contributed by atoms with Crippen molar-refractivity contribution in [3.63, 3.8) is 0 Å². The second-order valence-corrected chi connectivity index (χ2v) is 12.0. The molecule has 2 aliphatic rings. The zero-order valence-electron chi connectivity index (χ0n) is 23.6. The van der Waals surface area contributed by atoms with Crippen LogP contribution in [0.5, 0.6) is 0 Å². The van der Waals surface area contributed by atoms with Gasteiger partial charge in [0.05, 0.1) is 31.3 Å². The Kier molecular flexibility index (Phi) is 10.2. The summed E-state index contributed by atoms with van der Waals surface area (Å²) in [6.45, 7) is 16.4. The summed E-state index contributed by atoms with van der Waals surface area (Å²) in [5.41, 5.74) is 0.489. The van der Waals surface area contributed by atoms with Gasteiger partial charge in [-0.1, -0.05) is 51.1 Å². The van der Waals surface area contributed by atoms with Gasteiger partial charge >= 0.3 is 5.97 Å². The van der Waals surface area contributed by atoms with E-state index in [4.69, 9.17) is 28.4 Å². The van der Waals surface area contributed by atoms with Gasteiger partial charge in [-0.25, -0.2) is 0 Å². The average molecular weight is 523 g/mol. The third-order valence-corrected chi connectivity index (χ3v) is 7.40. The van der Waals surface area contributed by atoms with E-state index in [2.05, 4.69) is 20.8 Å². The third-order valence-electron chi connectivity index (χ3n) is 7.40. The van der Waals surface area contributed by atoms with Crippen molar-refractivity contribution in [2.45, 2.75) is 98.5 Å². The van der Waals surface area contributed by atoms with Gasteiger partial charge < -0.3 is 33.5 Å². The Labute approximate surface area is 221 Å². The predicted octanol–water partition coefficient (Wildman–Crippen LogP) is 4.32. The van der Waals surface area contributed by atoms with Gasteiger partial charge in [-0.2, -0.15) is 0 Å². The number of hydrogen-bond acceptors (Lipinski definition) is 8. The summed E-state index contributed by atoms with van der Waals surface area (Å²) in [6.07, 6.45) is -2.91. The molecule has 0 bridgehead atoms. The quantitative estimate of drug-likeness (QED) is 0.454. The molecule has 2 fully saturated rings. The highest BCUT2D eigenvalue weighted by Gasteiger charge is 2.47. The normalized spacial score (nSPS) is 32.7. The average Bonchev–Trinajstić information content (AvgIpc) is 3.16. The number of hydrogen-bond donors (Lipinski definition) is 1. The number of aliphatic hydroxyl groups is 1. The largest absolute Gasteiger partial charge is 0.462 e. The molecule has 8 heteroatoms. The summed E-state index contributed by atoms with van der Waals surface area (Å²) in [5.74, 6) is -0.475. The first-order chi connectivity index (χ1) is 17.3. The molecule has 0 spiro atoms. The molecule has 5 unspecified atom stereocenters. The Morgan fingerprint density at radius 1 is 1.00 bits per heavy atom. The van der Waals surface area contributed by atoms with Crippen molar-refractivity contribution in [2.24, 2.45) is 23.2 Å². The van der Waals surface area contributed by atoms with Crippen molar-refractivity contribution in [2.75, 3.05) is 19.8 Å². The van der Waals surface area contributed by atoms with Crippen molar-refractivity contribution >= 4 is 5.97 Å². The molecule has 8 atom stereocenters. The molecule has 2 saturated heterocycles. The van der Waals surface area contributed by atoms with Crippen LogP contribution in [0.15, 0.2) is 30.3 Å². The number of carbonyl (C=O) groups is 1. The molecule has 210 valence electrons. The van der Waals surface area contributed by atoms with Crippen LogP contribution in [0, 0.1) is 23.2 Å². The highest BCUT2D eigenvalue weighted by molar-refractivity contribution is 5.75. The third kappa shape index (κ3) is 8.22. The lowest BCUT2D eigenvalue weighted by molar-refractivity contribution is -0.266. The molecule has 1 aromatic carbocycles. The van der Waals surface area contributed by atoms with Gasteiger partial charge in [-0.3, -0.25) is 4.79 Å². The lowest BCUT2D eigenvalue weighted by Crippen LogP contribution is -2.49. The minimum absolute atomic E-state index is 0.00151. The molecule has 0 aromatic heterocycles. The minimum atomic E-state index is -0.988.